The molecular weight excluding hydrogens is 154 g/mol. The fraction of sp³-hybridized carbons (Fsp3) is 0.875. The second-order valence-electron chi connectivity index (χ2n) is 3.66. The summed E-state index contributed by atoms with van der Waals surface area (Å²) in [5.74, 6) is 0.0868. The number of rotatable bonds is 3. The Labute approximate surface area is 73.3 Å². The van der Waals surface area contributed by atoms with Crippen LogP contribution in [-0.4, -0.2) is 55.0 Å². The smallest absolute Gasteiger partial charge is 0.241 e. The first-order valence-corrected chi connectivity index (χ1v) is 4.23. The molecule has 0 spiro atoms. The van der Waals surface area contributed by atoms with Crippen LogP contribution in [0.5, 0.6) is 0 Å². The molecule has 2 atom stereocenters. The van der Waals surface area contributed by atoms with Crippen molar-refractivity contribution in [2.45, 2.75) is 19.0 Å². The Hall–Kier alpha value is -0.610. The van der Waals surface area contributed by atoms with Gasteiger partial charge in [-0.3, -0.25) is 4.79 Å². The maximum Gasteiger partial charge on any atom is 0.241 e. The van der Waals surface area contributed by atoms with Gasteiger partial charge in [0.05, 0.1) is 0 Å². The molecule has 70 valence electrons. The summed E-state index contributed by atoms with van der Waals surface area (Å²) >= 11 is 0. The Morgan fingerprint density at radius 1 is 1.75 bits per heavy atom. The molecule has 2 unspecified atom stereocenters. The van der Waals surface area contributed by atoms with E-state index in [1.54, 1.807) is 4.90 Å². The van der Waals surface area contributed by atoms with Crippen LogP contribution in [0.3, 0.4) is 0 Å². The van der Waals surface area contributed by atoms with Crippen molar-refractivity contribution in [3.05, 3.63) is 0 Å². The number of hydrogen-bond acceptors (Lipinski definition) is 3. The van der Waals surface area contributed by atoms with Crippen LogP contribution in [0.2, 0.25) is 0 Å². The van der Waals surface area contributed by atoms with E-state index in [-0.39, 0.29) is 11.9 Å². The predicted octanol–water partition coefficient (Wildman–Crippen LogP) is -0.894. The summed E-state index contributed by atoms with van der Waals surface area (Å²) in [4.78, 5) is 15.0. The molecule has 1 heterocycles. The zero-order valence-electron chi connectivity index (χ0n) is 7.95. The van der Waals surface area contributed by atoms with Gasteiger partial charge >= 0.3 is 0 Å². The molecule has 2 N–H and O–H groups in total. The van der Waals surface area contributed by atoms with Gasteiger partial charge in [0, 0.05) is 19.1 Å². The Kier molecular flexibility index (Phi) is 2.69. The van der Waals surface area contributed by atoms with Gasteiger partial charge in [-0.1, -0.05) is 0 Å². The zero-order valence-corrected chi connectivity index (χ0v) is 7.95. The van der Waals surface area contributed by atoms with Crippen LogP contribution >= 0.6 is 0 Å². The van der Waals surface area contributed by atoms with Gasteiger partial charge in [-0.2, -0.15) is 0 Å². The molecule has 1 aliphatic rings. The molecule has 0 saturated carbocycles. The summed E-state index contributed by atoms with van der Waals surface area (Å²) < 4.78 is 0. The van der Waals surface area contributed by atoms with E-state index in [0.29, 0.717) is 6.04 Å². The number of hydrogen-bond donors (Lipinski definition) is 1. The first kappa shape index (κ1) is 9.48. The lowest BCUT2D eigenvalue weighted by atomic mass is 10.1. The van der Waals surface area contributed by atoms with Crippen LogP contribution in [0.4, 0.5) is 0 Å². The number of β-lactam (4-membered cyclic amide) rings is 1. The monoisotopic (exact) mass is 171 g/mol. The van der Waals surface area contributed by atoms with E-state index in [9.17, 15) is 4.79 Å². The van der Waals surface area contributed by atoms with Crippen molar-refractivity contribution in [3.63, 3.8) is 0 Å². The fourth-order valence-corrected chi connectivity index (χ4v) is 1.17. The van der Waals surface area contributed by atoms with Gasteiger partial charge in [0.2, 0.25) is 5.91 Å². The average molecular weight is 171 g/mol. The first-order chi connectivity index (χ1) is 5.52. The van der Waals surface area contributed by atoms with Crippen molar-refractivity contribution in [1.82, 2.24) is 9.80 Å². The molecule has 0 radical (unpaired) electrons. The molecule has 0 aromatic heterocycles. The Morgan fingerprint density at radius 3 is 2.67 bits per heavy atom. The summed E-state index contributed by atoms with van der Waals surface area (Å²) in [5, 5.41) is 0. The minimum atomic E-state index is -0.237. The maximum absolute atomic E-state index is 11.1. The Morgan fingerprint density at radius 2 is 2.33 bits per heavy atom. The largest absolute Gasteiger partial charge is 0.338 e. The quantitative estimate of drug-likeness (QED) is 0.560. The van der Waals surface area contributed by atoms with Gasteiger partial charge in [0.1, 0.15) is 6.04 Å². The van der Waals surface area contributed by atoms with Crippen LogP contribution in [-0.2, 0) is 4.79 Å². The zero-order chi connectivity index (χ0) is 9.30. The third-order valence-corrected chi connectivity index (χ3v) is 2.41. The van der Waals surface area contributed by atoms with Crippen LogP contribution in [0.25, 0.3) is 0 Å². The van der Waals surface area contributed by atoms with Crippen molar-refractivity contribution >= 4 is 5.91 Å². The number of nitrogens with two attached hydrogens (primary N) is 1. The van der Waals surface area contributed by atoms with Crippen LogP contribution in [0, 0.1) is 0 Å². The minimum Gasteiger partial charge on any atom is -0.338 e. The highest BCUT2D eigenvalue weighted by molar-refractivity contribution is 5.87. The maximum atomic E-state index is 11.1. The topological polar surface area (TPSA) is 49.6 Å². The van der Waals surface area contributed by atoms with Gasteiger partial charge in [-0.25, -0.2) is 0 Å². The van der Waals surface area contributed by atoms with Gasteiger partial charge in [-0.05, 0) is 21.0 Å². The first-order valence-electron chi connectivity index (χ1n) is 4.23. The highest BCUT2D eigenvalue weighted by Crippen LogP contribution is 2.09. The van der Waals surface area contributed by atoms with Crippen molar-refractivity contribution in [2.75, 3.05) is 27.2 Å². The molecule has 1 fully saturated rings. The van der Waals surface area contributed by atoms with Crippen LogP contribution in [0.15, 0.2) is 0 Å². The second kappa shape index (κ2) is 3.41. The molecule has 0 aromatic rings. The van der Waals surface area contributed by atoms with E-state index in [4.69, 9.17) is 5.73 Å². The summed E-state index contributed by atoms with van der Waals surface area (Å²) in [7, 11) is 4.02. The van der Waals surface area contributed by atoms with E-state index in [0.717, 1.165) is 13.1 Å². The van der Waals surface area contributed by atoms with Crippen molar-refractivity contribution < 1.29 is 4.79 Å². The molecule has 12 heavy (non-hydrogen) atoms. The summed E-state index contributed by atoms with van der Waals surface area (Å²) in [6.07, 6.45) is 0. The minimum absolute atomic E-state index is 0.0868. The molecule has 0 aliphatic carbocycles. The molecule has 4 nitrogen and oxygen atoms in total. The lowest BCUT2D eigenvalue weighted by Gasteiger charge is -2.39. The normalized spacial score (nSPS) is 25.9. The van der Waals surface area contributed by atoms with Gasteiger partial charge in [-0.15, -0.1) is 0 Å². The second-order valence-corrected chi connectivity index (χ2v) is 3.66. The van der Waals surface area contributed by atoms with Crippen LogP contribution in [0.1, 0.15) is 6.92 Å². The highest BCUT2D eigenvalue weighted by atomic mass is 16.2. The lowest BCUT2D eigenvalue weighted by molar-refractivity contribution is -0.143. The van der Waals surface area contributed by atoms with Crippen molar-refractivity contribution in [2.24, 2.45) is 5.73 Å². The van der Waals surface area contributed by atoms with E-state index < -0.39 is 0 Å². The number of likely N-dealkylation sites (tertiary alicyclic amines) is 1. The van der Waals surface area contributed by atoms with Crippen molar-refractivity contribution in [1.29, 1.82) is 0 Å². The third kappa shape index (κ3) is 1.76. The van der Waals surface area contributed by atoms with Gasteiger partial charge in [0.15, 0.2) is 0 Å². The number of carbonyl (C=O) groups excluding carboxylic acids is 1. The number of carbonyl (C=O) groups is 1. The Bertz CT molecular complexity index is 181. The molecule has 1 rings (SSSR count). The average Bonchev–Trinajstić information content (AvgIpc) is 2.03. The lowest BCUT2D eigenvalue weighted by Crippen LogP contribution is -2.62. The molecule has 1 aliphatic heterocycles. The van der Waals surface area contributed by atoms with E-state index in [1.165, 1.54) is 0 Å². The number of nitrogens with zero attached hydrogens (tertiary/aromatic N) is 2. The van der Waals surface area contributed by atoms with Gasteiger partial charge in [0.25, 0.3) is 0 Å². The summed E-state index contributed by atoms with van der Waals surface area (Å²) in [6, 6.07) is 0.167. The van der Waals surface area contributed by atoms with E-state index >= 15 is 0 Å². The van der Waals surface area contributed by atoms with E-state index in [2.05, 4.69) is 11.8 Å². The molecule has 0 aromatic carbocycles. The third-order valence-electron chi connectivity index (χ3n) is 2.41. The number of likely N-dealkylation sites (N-methyl/N-ethyl adjacent to an activating group) is 1. The predicted molar refractivity (Wildman–Crippen MR) is 47.7 cm³/mol. The highest BCUT2D eigenvalue weighted by Gasteiger charge is 2.33. The summed E-state index contributed by atoms with van der Waals surface area (Å²) in [5.41, 5.74) is 5.46. The van der Waals surface area contributed by atoms with Gasteiger partial charge < -0.3 is 15.5 Å². The summed E-state index contributed by atoms with van der Waals surface area (Å²) in [6.45, 7) is 3.60. The SMILES string of the molecule is CC(CN1CC(N)C1=O)N(C)C. The standard InChI is InChI=1S/C8H17N3O/c1-6(10(2)3)4-11-5-7(9)8(11)12/h6-7H,4-5,9H2,1-3H3. The molecule has 1 saturated heterocycles. The molecule has 0 bridgehead atoms. The molecule has 4 heteroatoms. The Balaban J connectivity index is 2.29. The van der Waals surface area contributed by atoms with Crippen molar-refractivity contribution in [3.8, 4) is 0 Å². The fourth-order valence-electron chi connectivity index (χ4n) is 1.17. The molecule has 1 amide bonds. The molecular formula is C8H17N3O. The number of amides is 1. The van der Waals surface area contributed by atoms with E-state index in [1.807, 2.05) is 14.1 Å². The van der Waals surface area contributed by atoms with Crippen LogP contribution < -0.4 is 5.73 Å².